The summed E-state index contributed by atoms with van der Waals surface area (Å²) in [5.74, 6) is 1.17. The van der Waals surface area contributed by atoms with Gasteiger partial charge in [-0.15, -0.1) is 0 Å². The van der Waals surface area contributed by atoms with Crippen molar-refractivity contribution in [3.8, 4) is 0 Å². The van der Waals surface area contributed by atoms with Crippen molar-refractivity contribution in [2.45, 2.75) is 31.7 Å². The molecule has 0 aliphatic carbocycles. The summed E-state index contributed by atoms with van der Waals surface area (Å²) in [5.41, 5.74) is 3.59. The summed E-state index contributed by atoms with van der Waals surface area (Å²) in [7, 11) is 0. The number of carbonyl (C=O) groups is 1. The number of hydrogen-bond acceptors (Lipinski definition) is 4. The van der Waals surface area contributed by atoms with Crippen LogP contribution in [-0.4, -0.2) is 59.6 Å². The molecule has 1 aromatic heterocycles. The van der Waals surface area contributed by atoms with E-state index in [1.807, 2.05) is 18.5 Å². The van der Waals surface area contributed by atoms with Crippen molar-refractivity contribution >= 4 is 23.0 Å². The third-order valence-electron chi connectivity index (χ3n) is 6.21. The monoisotopic (exact) mass is 362 g/mol. The van der Waals surface area contributed by atoms with Gasteiger partial charge in [0.25, 0.3) is 0 Å². The van der Waals surface area contributed by atoms with E-state index in [0.29, 0.717) is 18.4 Å². The molecule has 5 rings (SSSR count). The lowest BCUT2D eigenvalue weighted by molar-refractivity contribution is -0.135. The van der Waals surface area contributed by atoms with Gasteiger partial charge in [0.05, 0.1) is 12.1 Å². The Morgan fingerprint density at radius 1 is 1.19 bits per heavy atom. The van der Waals surface area contributed by atoms with Crippen LogP contribution in [0.3, 0.4) is 0 Å². The predicted molar refractivity (Wildman–Crippen MR) is 107 cm³/mol. The number of amides is 1. The van der Waals surface area contributed by atoms with Crippen LogP contribution in [0.5, 0.6) is 0 Å². The molecular weight excluding hydrogens is 336 g/mol. The number of aliphatic imine (C=N–C) groups is 1. The molecule has 0 bridgehead atoms. The van der Waals surface area contributed by atoms with Gasteiger partial charge in [0.15, 0.2) is 0 Å². The Morgan fingerprint density at radius 2 is 2.00 bits per heavy atom. The van der Waals surface area contributed by atoms with Crippen LogP contribution in [0, 0.1) is 5.92 Å². The second kappa shape index (κ2) is 6.71. The minimum absolute atomic E-state index is 0.205. The Balaban J connectivity index is 1.43. The molecule has 2 saturated heterocycles. The van der Waals surface area contributed by atoms with Gasteiger partial charge in [0.1, 0.15) is 6.04 Å². The minimum Gasteiger partial charge on any atom is -0.341 e. The summed E-state index contributed by atoms with van der Waals surface area (Å²) in [5, 5.41) is 1.22. The highest BCUT2D eigenvalue weighted by Crippen LogP contribution is 2.37. The third kappa shape index (κ3) is 3.25. The number of carbonyl (C=O) groups excluding carboxylic acids is 1. The number of hydrogen-bond donors (Lipinski definition) is 0. The second-order valence-electron chi connectivity index (χ2n) is 8.35. The summed E-state index contributed by atoms with van der Waals surface area (Å²) in [6, 6.07) is 8.84. The van der Waals surface area contributed by atoms with Crippen molar-refractivity contribution in [3.63, 3.8) is 0 Å². The highest BCUT2D eigenvalue weighted by Gasteiger charge is 2.31. The molecule has 3 atom stereocenters. The topological polar surface area (TPSA) is 48.8 Å². The minimum atomic E-state index is 0.205. The number of fused-ring (bicyclic) bond motifs is 1. The molecule has 3 aliphatic rings. The SMILES string of the molecule is C[C@@H]1C[C@H](c2ccc(C3C=N3)c3ncccc23)CN(C(=O)CN2CCC2)C1. The molecule has 0 radical (unpaired) electrons. The van der Waals surface area contributed by atoms with Crippen molar-refractivity contribution in [2.24, 2.45) is 10.9 Å². The number of benzene rings is 1. The normalized spacial score (nSPS) is 27.6. The smallest absolute Gasteiger partial charge is 0.236 e. The summed E-state index contributed by atoms with van der Waals surface area (Å²) in [6.07, 6.45) is 6.19. The van der Waals surface area contributed by atoms with Crippen LogP contribution in [0.1, 0.15) is 42.9 Å². The highest BCUT2D eigenvalue weighted by atomic mass is 16.2. The van der Waals surface area contributed by atoms with Crippen molar-refractivity contribution in [3.05, 3.63) is 41.6 Å². The van der Waals surface area contributed by atoms with E-state index in [2.05, 4.69) is 44.9 Å². The van der Waals surface area contributed by atoms with E-state index in [0.717, 1.165) is 38.1 Å². The zero-order valence-electron chi connectivity index (χ0n) is 15.8. The van der Waals surface area contributed by atoms with Gasteiger partial charge >= 0.3 is 0 Å². The number of piperidine rings is 1. The van der Waals surface area contributed by atoms with Crippen LogP contribution in [0.4, 0.5) is 0 Å². The van der Waals surface area contributed by atoms with Gasteiger partial charge in [-0.2, -0.15) is 0 Å². The number of pyridine rings is 1. The standard InChI is InChI=1S/C22H26N4O/c1-15-10-16(13-26(12-15)21(27)14-25-8-3-9-25)17-5-6-19(20-11-24-20)22-18(17)4-2-7-23-22/h2,4-7,11,15-16,20H,3,8-10,12-14H2,1H3/t15-,16+,20?/m1/s1. The zero-order chi connectivity index (χ0) is 18.4. The average molecular weight is 362 g/mol. The van der Waals surface area contributed by atoms with E-state index in [1.54, 1.807) is 0 Å². The fourth-order valence-corrected chi connectivity index (χ4v) is 4.63. The first kappa shape index (κ1) is 16.9. The molecule has 0 saturated carbocycles. The molecule has 5 nitrogen and oxygen atoms in total. The van der Waals surface area contributed by atoms with Crippen LogP contribution in [0.25, 0.3) is 10.9 Å². The fraction of sp³-hybridized carbons (Fsp3) is 0.500. The van der Waals surface area contributed by atoms with E-state index in [1.165, 1.54) is 22.9 Å². The fourth-order valence-electron chi connectivity index (χ4n) is 4.63. The van der Waals surface area contributed by atoms with E-state index in [9.17, 15) is 4.79 Å². The highest BCUT2D eigenvalue weighted by molar-refractivity contribution is 5.92. The quantitative estimate of drug-likeness (QED) is 0.840. The van der Waals surface area contributed by atoms with Gasteiger partial charge in [-0.05, 0) is 43.5 Å². The maximum absolute atomic E-state index is 12.8. The molecule has 2 aromatic rings. The van der Waals surface area contributed by atoms with Gasteiger partial charge in [0, 0.05) is 42.4 Å². The Hall–Kier alpha value is -2.27. The molecule has 5 heteroatoms. The first-order valence-electron chi connectivity index (χ1n) is 10.1. The maximum Gasteiger partial charge on any atom is 0.236 e. The Morgan fingerprint density at radius 3 is 2.74 bits per heavy atom. The summed E-state index contributed by atoms with van der Waals surface area (Å²) in [6.45, 7) is 6.69. The molecule has 27 heavy (non-hydrogen) atoms. The van der Waals surface area contributed by atoms with E-state index >= 15 is 0 Å². The molecule has 2 fully saturated rings. The number of likely N-dealkylation sites (tertiary alicyclic amines) is 2. The molecule has 4 heterocycles. The van der Waals surface area contributed by atoms with Crippen LogP contribution in [0.2, 0.25) is 0 Å². The second-order valence-corrected chi connectivity index (χ2v) is 8.35. The van der Waals surface area contributed by atoms with Gasteiger partial charge in [0.2, 0.25) is 5.91 Å². The maximum atomic E-state index is 12.8. The summed E-state index contributed by atoms with van der Waals surface area (Å²) in [4.78, 5) is 26.1. The number of nitrogens with zero attached hydrogens (tertiary/aromatic N) is 4. The molecule has 1 unspecified atom stereocenters. The van der Waals surface area contributed by atoms with Crippen LogP contribution >= 0.6 is 0 Å². The third-order valence-corrected chi connectivity index (χ3v) is 6.21. The Bertz CT molecular complexity index is 898. The Labute approximate surface area is 160 Å². The zero-order valence-corrected chi connectivity index (χ0v) is 15.8. The van der Waals surface area contributed by atoms with Gasteiger partial charge in [-0.1, -0.05) is 25.1 Å². The summed E-state index contributed by atoms with van der Waals surface area (Å²) >= 11 is 0. The predicted octanol–water partition coefficient (Wildman–Crippen LogP) is 3.02. The molecule has 1 aromatic carbocycles. The van der Waals surface area contributed by atoms with Crippen molar-refractivity contribution < 1.29 is 4.79 Å². The number of rotatable bonds is 4. The van der Waals surface area contributed by atoms with Crippen molar-refractivity contribution in [1.82, 2.24) is 14.8 Å². The molecule has 3 aliphatic heterocycles. The first-order chi connectivity index (χ1) is 13.2. The van der Waals surface area contributed by atoms with Crippen LogP contribution in [-0.2, 0) is 4.79 Å². The molecular formula is C22H26N4O. The van der Waals surface area contributed by atoms with Gasteiger partial charge < -0.3 is 4.90 Å². The largest absolute Gasteiger partial charge is 0.341 e. The van der Waals surface area contributed by atoms with E-state index < -0.39 is 0 Å². The molecule has 0 N–H and O–H groups in total. The van der Waals surface area contributed by atoms with Crippen LogP contribution < -0.4 is 0 Å². The molecule has 0 spiro atoms. The van der Waals surface area contributed by atoms with Gasteiger partial charge in [-0.3, -0.25) is 19.7 Å². The summed E-state index contributed by atoms with van der Waals surface area (Å²) < 4.78 is 0. The number of aromatic nitrogens is 1. The van der Waals surface area contributed by atoms with Crippen molar-refractivity contribution in [1.29, 1.82) is 0 Å². The van der Waals surface area contributed by atoms with Gasteiger partial charge in [-0.25, -0.2) is 0 Å². The Kier molecular flexibility index (Phi) is 4.20. The lowest BCUT2D eigenvalue weighted by atomic mass is 9.83. The molecule has 140 valence electrons. The molecule has 1 amide bonds. The van der Waals surface area contributed by atoms with E-state index in [-0.39, 0.29) is 11.9 Å². The van der Waals surface area contributed by atoms with Crippen LogP contribution in [0.15, 0.2) is 35.5 Å². The first-order valence-corrected chi connectivity index (χ1v) is 10.1. The van der Waals surface area contributed by atoms with Crippen molar-refractivity contribution in [2.75, 3.05) is 32.7 Å². The van der Waals surface area contributed by atoms with E-state index in [4.69, 9.17) is 0 Å². The lowest BCUT2D eigenvalue weighted by Gasteiger charge is -2.39. The lowest BCUT2D eigenvalue weighted by Crippen LogP contribution is -2.49. The average Bonchev–Trinajstić information content (AvgIpc) is 3.48.